The first-order valence-electron chi connectivity index (χ1n) is 12.6. The Morgan fingerprint density at radius 2 is 1.89 bits per heavy atom. The molecule has 4 N–H and O–H groups in total. The summed E-state index contributed by atoms with van der Waals surface area (Å²) in [5.74, 6) is 0.876. The van der Waals surface area contributed by atoms with Gasteiger partial charge in [-0.25, -0.2) is 9.97 Å². The molecule has 2 aliphatic rings. The topological polar surface area (TPSA) is 119 Å². The van der Waals surface area contributed by atoms with Gasteiger partial charge < -0.3 is 30.9 Å². The van der Waals surface area contributed by atoms with Crippen LogP contribution in [-0.2, 0) is 0 Å². The summed E-state index contributed by atoms with van der Waals surface area (Å²) in [6, 6.07) is 13.5. The number of allylic oxidation sites excluding steroid dienone is 1. The molecule has 1 atom stereocenters. The van der Waals surface area contributed by atoms with Gasteiger partial charge in [0, 0.05) is 50.3 Å². The number of rotatable bonds is 3. The van der Waals surface area contributed by atoms with E-state index in [2.05, 4.69) is 59.9 Å². The minimum absolute atomic E-state index is 0.288. The number of hydrogen-bond donors (Lipinski definition) is 4. The average Bonchev–Trinajstić information content (AvgIpc) is 2.91. The quantitative estimate of drug-likeness (QED) is 0.402. The zero-order valence-electron chi connectivity index (χ0n) is 20.9. The van der Waals surface area contributed by atoms with Gasteiger partial charge in [0.1, 0.15) is 17.2 Å². The molecule has 4 heterocycles. The summed E-state index contributed by atoms with van der Waals surface area (Å²) in [5.41, 5.74) is 2.86. The first-order chi connectivity index (χ1) is 18.0. The SMILES string of the molecule is CN1CCN(c2cccc(Nc3ncc4c(n3)Nc3cccc(n3)C(O)CC/C=C\CNC4=O)c2)CC1. The number of carbonyl (C=O) groups is 1. The molecule has 0 aliphatic carbocycles. The lowest BCUT2D eigenvalue weighted by molar-refractivity contribution is 0.0958. The summed E-state index contributed by atoms with van der Waals surface area (Å²) in [6.45, 7) is 4.38. The van der Waals surface area contributed by atoms with Gasteiger partial charge in [0.2, 0.25) is 5.95 Å². The Morgan fingerprint density at radius 3 is 2.76 bits per heavy atom. The molecule has 1 saturated heterocycles. The van der Waals surface area contributed by atoms with Crippen LogP contribution in [0.2, 0.25) is 0 Å². The van der Waals surface area contributed by atoms with Crippen molar-refractivity contribution in [2.75, 3.05) is 55.3 Å². The fourth-order valence-corrected chi connectivity index (χ4v) is 4.36. The second-order valence-corrected chi connectivity index (χ2v) is 9.27. The van der Waals surface area contributed by atoms with Crippen molar-refractivity contribution in [1.29, 1.82) is 0 Å². The first-order valence-corrected chi connectivity index (χ1v) is 12.6. The van der Waals surface area contributed by atoms with E-state index in [1.54, 1.807) is 12.1 Å². The molecule has 3 aromatic rings. The van der Waals surface area contributed by atoms with E-state index in [0.717, 1.165) is 37.6 Å². The van der Waals surface area contributed by atoms with Crippen LogP contribution in [0.15, 0.2) is 60.8 Å². The number of nitrogens with one attached hydrogen (secondary N) is 3. The van der Waals surface area contributed by atoms with Crippen molar-refractivity contribution >= 4 is 34.9 Å². The number of aromatic nitrogens is 3. The molecule has 2 aromatic heterocycles. The number of fused-ring (bicyclic) bond motifs is 3. The third-order valence-corrected chi connectivity index (χ3v) is 6.52. The molecule has 1 amide bonds. The molecular weight excluding hydrogens is 468 g/mol. The third-order valence-electron chi connectivity index (χ3n) is 6.52. The maximum Gasteiger partial charge on any atom is 0.256 e. The summed E-state index contributed by atoms with van der Waals surface area (Å²) in [5, 5.41) is 19.8. The van der Waals surface area contributed by atoms with Crippen LogP contribution in [-0.4, -0.2) is 70.6 Å². The number of carbonyl (C=O) groups excluding carboxylic acids is 1. The molecule has 37 heavy (non-hydrogen) atoms. The maximum absolute atomic E-state index is 12.9. The predicted molar refractivity (Wildman–Crippen MR) is 145 cm³/mol. The molecule has 5 rings (SSSR count). The van der Waals surface area contributed by atoms with Gasteiger partial charge in [0.15, 0.2) is 0 Å². The van der Waals surface area contributed by atoms with Crippen molar-refractivity contribution in [3.63, 3.8) is 0 Å². The number of likely N-dealkylation sites (N-methyl/N-ethyl adjacent to an activating group) is 1. The Labute approximate surface area is 216 Å². The van der Waals surface area contributed by atoms with Crippen molar-refractivity contribution in [3.8, 4) is 0 Å². The highest BCUT2D eigenvalue weighted by atomic mass is 16.3. The zero-order chi connectivity index (χ0) is 25.6. The predicted octanol–water partition coefficient (Wildman–Crippen LogP) is 3.22. The summed E-state index contributed by atoms with van der Waals surface area (Å²) in [6.07, 6.45) is 5.86. The number of piperazine rings is 1. The maximum atomic E-state index is 12.9. The zero-order valence-corrected chi connectivity index (χ0v) is 20.9. The van der Waals surface area contributed by atoms with E-state index in [9.17, 15) is 9.90 Å². The highest BCUT2D eigenvalue weighted by Gasteiger charge is 2.18. The van der Waals surface area contributed by atoms with Gasteiger partial charge in [0.25, 0.3) is 5.91 Å². The lowest BCUT2D eigenvalue weighted by Gasteiger charge is -2.34. The molecule has 192 valence electrons. The van der Waals surface area contributed by atoms with Crippen molar-refractivity contribution in [2.45, 2.75) is 18.9 Å². The number of benzene rings is 1. The summed E-state index contributed by atoms with van der Waals surface area (Å²) >= 11 is 0. The number of anilines is 5. The molecule has 10 heteroatoms. The first kappa shape index (κ1) is 24.7. The van der Waals surface area contributed by atoms with E-state index >= 15 is 0 Å². The van der Waals surface area contributed by atoms with Crippen LogP contribution in [0.3, 0.4) is 0 Å². The minimum atomic E-state index is -0.682. The van der Waals surface area contributed by atoms with Gasteiger partial charge in [-0.2, -0.15) is 4.98 Å². The monoisotopic (exact) mass is 500 g/mol. The molecule has 1 unspecified atom stereocenters. The molecule has 0 radical (unpaired) electrons. The fourth-order valence-electron chi connectivity index (χ4n) is 4.36. The highest BCUT2D eigenvalue weighted by molar-refractivity contribution is 5.99. The van der Waals surface area contributed by atoms with E-state index < -0.39 is 6.10 Å². The Balaban J connectivity index is 1.42. The normalized spacial score (nSPS) is 19.7. The fraction of sp³-hybridized carbons (Fsp3) is 0.333. The number of aliphatic hydroxyl groups is 1. The molecule has 2 bridgehead atoms. The number of amides is 1. The van der Waals surface area contributed by atoms with Crippen LogP contribution in [0, 0.1) is 0 Å². The average molecular weight is 501 g/mol. The third kappa shape index (κ3) is 6.22. The Hall–Kier alpha value is -4.02. The molecule has 1 aromatic carbocycles. The van der Waals surface area contributed by atoms with Gasteiger partial charge in [0.05, 0.1) is 11.8 Å². The van der Waals surface area contributed by atoms with Crippen molar-refractivity contribution in [2.24, 2.45) is 0 Å². The van der Waals surface area contributed by atoms with E-state index in [0.29, 0.717) is 48.2 Å². The van der Waals surface area contributed by atoms with Crippen LogP contribution in [0.25, 0.3) is 0 Å². The molecule has 2 aliphatic heterocycles. The number of nitrogens with zero attached hydrogens (tertiary/aromatic N) is 5. The second kappa shape index (κ2) is 11.4. The van der Waals surface area contributed by atoms with Crippen molar-refractivity contribution in [3.05, 3.63) is 72.1 Å². The molecule has 0 spiro atoms. The molecule has 10 nitrogen and oxygen atoms in total. The van der Waals surface area contributed by atoms with Crippen molar-refractivity contribution in [1.82, 2.24) is 25.2 Å². The van der Waals surface area contributed by atoms with Crippen LogP contribution in [0.1, 0.15) is 35.0 Å². The van der Waals surface area contributed by atoms with Crippen molar-refractivity contribution < 1.29 is 9.90 Å². The second-order valence-electron chi connectivity index (χ2n) is 9.27. The Bertz CT molecular complexity index is 1270. The smallest absolute Gasteiger partial charge is 0.256 e. The van der Waals surface area contributed by atoms with Gasteiger partial charge in [-0.3, -0.25) is 4.79 Å². The Kier molecular flexibility index (Phi) is 7.57. The van der Waals surface area contributed by atoms with E-state index in [4.69, 9.17) is 0 Å². The largest absolute Gasteiger partial charge is 0.387 e. The van der Waals surface area contributed by atoms with Crippen LogP contribution < -0.4 is 20.9 Å². The summed E-state index contributed by atoms with van der Waals surface area (Å²) < 4.78 is 0. The van der Waals surface area contributed by atoms with Gasteiger partial charge in [-0.1, -0.05) is 24.3 Å². The van der Waals surface area contributed by atoms with E-state index in [1.165, 1.54) is 6.20 Å². The van der Waals surface area contributed by atoms with Gasteiger partial charge >= 0.3 is 0 Å². The highest BCUT2D eigenvalue weighted by Crippen LogP contribution is 2.25. The summed E-state index contributed by atoms with van der Waals surface area (Å²) in [4.78, 5) is 31.2. The minimum Gasteiger partial charge on any atom is -0.387 e. The van der Waals surface area contributed by atoms with Gasteiger partial charge in [-0.05, 0) is 50.2 Å². The molecular formula is C27H32N8O2. The summed E-state index contributed by atoms with van der Waals surface area (Å²) in [7, 11) is 2.14. The van der Waals surface area contributed by atoms with E-state index in [-0.39, 0.29) is 5.91 Å². The number of aliphatic hydroxyl groups excluding tert-OH is 1. The lowest BCUT2D eigenvalue weighted by atomic mass is 10.1. The Morgan fingerprint density at radius 1 is 1.05 bits per heavy atom. The molecule has 0 saturated carbocycles. The van der Waals surface area contributed by atoms with Gasteiger partial charge in [-0.15, -0.1) is 0 Å². The molecule has 1 fully saturated rings. The number of hydrogen-bond acceptors (Lipinski definition) is 9. The van der Waals surface area contributed by atoms with E-state index in [1.807, 2.05) is 30.4 Å². The lowest BCUT2D eigenvalue weighted by Crippen LogP contribution is -2.44. The number of pyridine rings is 1. The van der Waals surface area contributed by atoms with Crippen LogP contribution >= 0.6 is 0 Å². The standard InChI is InChI=1S/C27H32N8O2/c1-34-13-15-35(16-14-34)20-8-5-7-19(17-20)30-27-29-18-21-25(33-27)32-24-11-6-9-22(31-24)23(36)10-3-2-4-12-28-26(21)37/h2,4-9,11,17-18,23,36H,3,10,12-16H2,1H3,(H,28,37)(H2,29,30,31,32,33)/b4-2-. The van der Waals surface area contributed by atoms with Crippen LogP contribution in [0.5, 0.6) is 0 Å². The van der Waals surface area contributed by atoms with Crippen LogP contribution in [0.4, 0.5) is 29.0 Å².